The van der Waals surface area contributed by atoms with Gasteiger partial charge in [0.25, 0.3) is 0 Å². The minimum absolute atomic E-state index is 0.0420. The number of aliphatic hydroxyl groups excluding tert-OH is 3. The van der Waals surface area contributed by atoms with Crippen molar-refractivity contribution in [2.24, 2.45) is 46.7 Å². The number of methoxy groups -OCH3 is 1. The van der Waals surface area contributed by atoms with E-state index in [1.165, 1.54) is 12.7 Å². The summed E-state index contributed by atoms with van der Waals surface area (Å²) >= 11 is 0. The van der Waals surface area contributed by atoms with Gasteiger partial charge in [0.2, 0.25) is 0 Å². The monoisotopic (exact) mass is 927 g/mol. The standard InChI is InChI=1S/C57H74N4O7/c1-4-33-31-61-56(58)29-48(33)47(36-11-10-34-8-6-7-9-35(34)20-36)28-51(64)50(63)23-38-16-18-57(54(66)15-12-37-24-53(68-3)52(65)27-45(37)38)19-17-39(25-55(57)67)44-21-41-32-60-49-26-42(62)13-14-43(49)46(41)22-40(44)30-59-5-2/h6-11,20,24,27,29,38-41,43-44,46-47,49-51,55,59-61,63-65,67H,4-5,12-15,17,19,21-23,25-26,28,30-32,58H2,1-3H3/t38-,39+,40-,41+,43-,44-,46+,47-,49-,50+,51-,55-,57-/m1/s1. The van der Waals surface area contributed by atoms with E-state index in [-0.39, 0.29) is 54.4 Å². The summed E-state index contributed by atoms with van der Waals surface area (Å²) in [6.45, 7) is 7.62. The Balaban J connectivity index is 0.989. The van der Waals surface area contributed by atoms with Gasteiger partial charge in [-0.15, -0.1) is 0 Å². The van der Waals surface area contributed by atoms with Crippen LogP contribution in [-0.2, 0) is 16.0 Å². The summed E-state index contributed by atoms with van der Waals surface area (Å²) in [5.74, 6) is 9.74. The Morgan fingerprint density at radius 1 is 0.941 bits per heavy atom. The third-order valence-electron chi connectivity index (χ3n) is 17.5. The molecule has 9 N–H and O–H groups in total. The van der Waals surface area contributed by atoms with E-state index in [4.69, 9.17) is 10.5 Å². The van der Waals surface area contributed by atoms with Gasteiger partial charge in [-0.25, -0.2) is 0 Å². The number of ether oxygens (including phenoxy) is 1. The minimum Gasteiger partial charge on any atom is -0.504 e. The van der Waals surface area contributed by atoms with Crippen molar-refractivity contribution in [3.63, 3.8) is 0 Å². The number of hydrogen-bond donors (Lipinski definition) is 8. The minimum atomic E-state index is -1.28. The number of piperidine rings is 1. The molecular formula is C57H74N4O7. The lowest BCUT2D eigenvalue weighted by Crippen LogP contribution is -2.57. The Hall–Kier alpha value is -4.70. The first-order valence-corrected chi connectivity index (χ1v) is 25.8. The number of Topliss-reactive ketones (excluding diaryl/α,β-unsaturated/α-hetero) is 2. The first-order chi connectivity index (χ1) is 32.9. The topological polar surface area (TPSA) is 186 Å². The Labute approximate surface area is 402 Å². The summed E-state index contributed by atoms with van der Waals surface area (Å²) in [5.41, 5.74) is 9.80. The highest BCUT2D eigenvalue weighted by molar-refractivity contribution is 5.89. The predicted molar refractivity (Wildman–Crippen MR) is 266 cm³/mol. The number of rotatable bonds is 13. The summed E-state index contributed by atoms with van der Waals surface area (Å²) in [5, 5.41) is 60.8. The number of carbonyl (C=O) groups excluding carboxylic acids is 2. The summed E-state index contributed by atoms with van der Waals surface area (Å²) in [6, 6.07) is 18.2. The van der Waals surface area contributed by atoms with Gasteiger partial charge in [-0.05, 0) is 176 Å². The molecule has 1 saturated heterocycles. The lowest BCUT2D eigenvalue weighted by molar-refractivity contribution is -0.136. The molecule has 0 amide bonds. The summed E-state index contributed by atoms with van der Waals surface area (Å²) < 4.78 is 5.54. The van der Waals surface area contributed by atoms with E-state index < -0.39 is 29.6 Å². The third-order valence-corrected chi connectivity index (χ3v) is 17.5. The quantitative estimate of drug-likeness (QED) is 0.0834. The Bertz CT molecular complexity index is 2470. The Morgan fingerprint density at radius 2 is 1.76 bits per heavy atom. The largest absolute Gasteiger partial charge is 0.504 e. The second-order valence-corrected chi connectivity index (χ2v) is 21.2. The highest BCUT2D eigenvalue weighted by Crippen LogP contribution is 2.53. The SMILES string of the molecule is CCNC[C@H]1C[C@H]2[C@H](CN[C@@H]3CC(=O)CC[C@H]23)C[C@@H]1[C@H]1CC[C@@]2(C#C[C@H](C[C@H](O)[C@H](O)C[C@@H](C3=C(CC)CNC(N)=C3)c3ccc4ccccc4c3)c3cc(O)c(OC)cc3CCC2=O)[C@H](O)C1. The van der Waals surface area contributed by atoms with E-state index in [1.54, 1.807) is 12.1 Å². The molecule has 2 aliphatic heterocycles. The maximum absolute atomic E-state index is 14.7. The van der Waals surface area contributed by atoms with Crippen LogP contribution < -0.4 is 26.4 Å². The van der Waals surface area contributed by atoms with Gasteiger partial charge in [-0.3, -0.25) is 9.59 Å². The number of fused-ring (bicyclic) bond motifs is 5. The summed E-state index contributed by atoms with van der Waals surface area (Å²) in [4.78, 5) is 27.1. The highest BCUT2D eigenvalue weighted by atomic mass is 16.5. The Kier molecular flexibility index (Phi) is 14.7. The molecule has 3 aromatic carbocycles. The normalized spacial score (nSPS) is 31.9. The van der Waals surface area contributed by atoms with Crippen molar-refractivity contribution in [1.82, 2.24) is 16.0 Å². The second-order valence-electron chi connectivity index (χ2n) is 21.2. The lowest BCUT2D eigenvalue weighted by atomic mass is 9.54. The Morgan fingerprint density at radius 3 is 2.54 bits per heavy atom. The highest BCUT2D eigenvalue weighted by Gasteiger charge is 2.53. The zero-order valence-corrected chi connectivity index (χ0v) is 40.3. The number of phenolic OH excluding ortho intramolecular Hbond substituents is 1. The molecule has 9 rings (SSSR count). The summed E-state index contributed by atoms with van der Waals surface area (Å²) in [6.07, 6.45) is 6.42. The number of phenols is 1. The zero-order chi connectivity index (χ0) is 47.7. The van der Waals surface area contributed by atoms with Crippen LogP contribution in [0.3, 0.4) is 0 Å². The van der Waals surface area contributed by atoms with Crippen molar-refractivity contribution in [2.45, 2.75) is 134 Å². The molecule has 11 heteroatoms. The molecule has 364 valence electrons. The lowest BCUT2D eigenvalue weighted by Gasteiger charge is -2.54. The molecule has 0 aromatic heterocycles. The van der Waals surface area contributed by atoms with Crippen LogP contribution in [0.1, 0.15) is 119 Å². The van der Waals surface area contributed by atoms with Crippen LogP contribution in [0.2, 0.25) is 0 Å². The van der Waals surface area contributed by atoms with Crippen molar-refractivity contribution in [3.8, 4) is 23.3 Å². The number of aromatic hydroxyl groups is 1. The molecule has 0 radical (unpaired) electrons. The predicted octanol–water partition coefficient (Wildman–Crippen LogP) is 6.91. The second kappa shape index (κ2) is 20.7. The van der Waals surface area contributed by atoms with Crippen molar-refractivity contribution in [1.29, 1.82) is 0 Å². The fourth-order valence-corrected chi connectivity index (χ4v) is 13.8. The van der Waals surface area contributed by atoms with E-state index in [9.17, 15) is 30.0 Å². The van der Waals surface area contributed by atoms with Gasteiger partial charge in [-0.2, -0.15) is 0 Å². The molecule has 2 heterocycles. The van der Waals surface area contributed by atoms with Gasteiger partial charge < -0.3 is 46.8 Å². The molecule has 6 aliphatic rings. The molecule has 11 nitrogen and oxygen atoms in total. The number of nitrogens with one attached hydrogen (secondary N) is 3. The number of benzene rings is 3. The maximum Gasteiger partial charge on any atom is 0.160 e. The van der Waals surface area contributed by atoms with E-state index in [2.05, 4.69) is 72.0 Å². The number of dihydropyridines is 1. The molecule has 3 aromatic rings. The van der Waals surface area contributed by atoms with Crippen LogP contribution in [0.25, 0.3) is 10.8 Å². The summed E-state index contributed by atoms with van der Waals surface area (Å²) in [7, 11) is 1.49. The van der Waals surface area contributed by atoms with E-state index >= 15 is 0 Å². The molecule has 0 unspecified atom stereocenters. The number of ketones is 2. The van der Waals surface area contributed by atoms with Gasteiger partial charge >= 0.3 is 0 Å². The molecular weight excluding hydrogens is 853 g/mol. The van der Waals surface area contributed by atoms with E-state index in [1.807, 2.05) is 18.2 Å². The first-order valence-electron chi connectivity index (χ1n) is 25.8. The number of aliphatic hydroxyl groups is 3. The molecule has 3 saturated carbocycles. The van der Waals surface area contributed by atoms with Crippen molar-refractivity contribution in [3.05, 3.63) is 94.3 Å². The van der Waals surface area contributed by atoms with Crippen LogP contribution in [0.15, 0.2) is 77.6 Å². The first kappa shape index (κ1) is 48.3. The molecule has 1 spiro atoms. The number of aryl methyl sites for hydroxylation is 1. The van der Waals surface area contributed by atoms with Crippen LogP contribution in [0.4, 0.5) is 0 Å². The molecule has 4 fully saturated rings. The van der Waals surface area contributed by atoms with Crippen LogP contribution in [-0.4, -0.2) is 89.6 Å². The smallest absolute Gasteiger partial charge is 0.160 e. The molecule has 68 heavy (non-hydrogen) atoms. The number of nitrogens with two attached hydrogens (primary N) is 1. The van der Waals surface area contributed by atoms with Gasteiger partial charge in [-0.1, -0.05) is 68.2 Å². The third kappa shape index (κ3) is 9.74. The average Bonchev–Trinajstić information content (AvgIpc) is 3.39. The molecule has 13 atom stereocenters. The molecule has 0 bridgehead atoms. The number of allylic oxidation sites excluding steroid dienone is 2. The van der Waals surface area contributed by atoms with Crippen LogP contribution in [0, 0.1) is 52.8 Å². The zero-order valence-electron chi connectivity index (χ0n) is 40.3. The fourth-order valence-electron chi connectivity index (χ4n) is 13.8. The molecule has 4 aliphatic carbocycles. The maximum atomic E-state index is 14.7. The van der Waals surface area contributed by atoms with Crippen molar-refractivity contribution >= 4 is 22.3 Å². The number of carbonyl (C=O) groups is 2. The average molecular weight is 927 g/mol. The van der Waals surface area contributed by atoms with E-state index in [0.29, 0.717) is 85.4 Å². The van der Waals surface area contributed by atoms with Gasteiger partial charge in [0.15, 0.2) is 17.3 Å². The van der Waals surface area contributed by atoms with E-state index in [0.717, 1.165) is 79.2 Å². The van der Waals surface area contributed by atoms with Gasteiger partial charge in [0.1, 0.15) is 11.2 Å². The van der Waals surface area contributed by atoms with Crippen LogP contribution in [0.5, 0.6) is 11.5 Å². The van der Waals surface area contributed by atoms with Gasteiger partial charge in [0.05, 0.1) is 31.2 Å². The van der Waals surface area contributed by atoms with Crippen molar-refractivity contribution < 1.29 is 34.8 Å². The van der Waals surface area contributed by atoms with Crippen LogP contribution >= 0.6 is 0 Å². The van der Waals surface area contributed by atoms with Gasteiger partial charge in [0, 0.05) is 43.7 Å². The van der Waals surface area contributed by atoms with Crippen molar-refractivity contribution in [2.75, 3.05) is 33.3 Å². The number of hydrogen-bond acceptors (Lipinski definition) is 11. The fraction of sp³-hybridized carbons (Fsp3) is 0.579.